The fourth-order valence-electron chi connectivity index (χ4n) is 4.60. The lowest BCUT2D eigenvalue weighted by Gasteiger charge is -2.26. The number of carbonyl (C=O) groups is 1. The average molecular weight is 510 g/mol. The number of aromatic nitrogens is 3. The zero-order chi connectivity index (χ0) is 26.6. The largest absolute Gasteiger partial charge is 0.353 e. The quantitative estimate of drug-likeness (QED) is 0.163. The molecule has 38 heavy (non-hydrogen) atoms. The number of hydrogen-bond acceptors (Lipinski definition) is 4. The summed E-state index contributed by atoms with van der Waals surface area (Å²) in [6, 6.07) is 17.5. The Morgan fingerprint density at radius 1 is 1.00 bits per heavy atom. The molecule has 3 aromatic heterocycles. The summed E-state index contributed by atoms with van der Waals surface area (Å²) in [5.41, 5.74) is 5.95. The molecular formula is C32H39N5O. The molecule has 0 aliphatic heterocycles. The Balaban J connectivity index is 1.14. The first kappa shape index (κ1) is 27.3. The van der Waals surface area contributed by atoms with Gasteiger partial charge in [0.15, 0.2) is 0 Å². The van der Waals surface area contributed by atoms with E-state index in [1.807, 2.05) is 24.4 Å². The normalized spacial score (nSPS) is 11.7. The molecule has 198 valence electrons. The van der Waals surface area contributed by atoms with Crippen LogP contribution in [0.15, 0.2) is 79.4 Å². The van der Waals surface area contributed by atoms with Crippen LogP contribution in [0.3, 0.4) is 0 Å². The van der Waals surface area contributed by atoms with E-state index >= 15 is 0 Å². The first-order valence-corrected chi connectivity index (χ1v) is 13.7. The summed E-state index contributed by atoms with van der Waals surface area (Å²) in [5, 5.41) is 4.18. The van der Waals surface area contributed by atoms with Gasteiger partial charge in [-0.15, -0.1) is 0 Å². The number of rotatable bonds is 14. The Labute approximate surface area is 226 Å². The standard InChI is InChI=1S/C32H39N5O/c1-25(2)37(21-17-29-23-36-32-30(29)10-7-20-35-32)24-28-13-11-26(12-14-28)8-4-3-5-19-34-31(38)16-15-27-9-6-18-33-22-27/h6-7,9-16,18,20,22-23,25H,3-5,8,17,19,21,24H2,1-2H3,(H,34,38)(H,35,36)/b16-15+. The van der Waals surface area contributed by atoms with Gasteiger partial charge >= 0.3 is 0 Å². The van der Waals surface area contributed by atoms with Crippen LogP contribution in [0, 0.1) is 0 Å². The fraction of sp³-hybridized carbons (Fsp3) is 0.344. The van der Waals surface area contributed by atoms with Crippen LogP contribution in [0.2, 0.25) is 0 Å². The van der Waals surface area contributed by atoms with Gasteiger partial charge in [-0.05, 0) is 86.1 Å². The lowest BCUT2D eigenvalue weighted by molar-refractivity contribution is -0.116. The number of aromatic amines is 1. The highest BCUT2D eigenvalue weighted by molar-refractivity contribution is 5.91. The van der Waals surface area contributed by atoms with Crippen molar-refractivity contribution in [3.63, 3.8) is 0 Å². The smallest absolute Gasteiger partial charge is 0.243 e. The number of unbranched alkanes of at least 4 members (excludes halogenated alkanes) is 2. The Bertz CT molecular complexity index is 1290. The number of nitrogens with one attached hydrogen (secondary N) is 2. The molecule has 0 spiro atoms. The van der Waals surface area contributed by atoms with Gasteiger partial charge in [-0.3, -0.25) is 14.7 Å². The van der Waals surface area contributed by atoms with Crippen molar-refractivity contribution in [1.29, 1.82) is 0 Å². The summed E-state index contributed by atoms with van der Waals surface area (Å²) in [6.45, 7) is 7.20. The number of H-pyrrole nitrogens is 1. The van der Waals surface area contributed by atoms with Gasteiger partial charge in [-0.2, -0.15) is 0 Å². The van der Waals surface area contributed by atoms with Crippen LogP contribution in [0.4, 0.5) is 0 Å². The summed E-state index contributed by atoms with van der Waals surface area (Å²) in [7, 11) is 0. The summed E-state index contributed by atoms with van der Waals surface area (Å²) in [6.07, 6.45) is 16.0. The van der Waals surface area contributed by atoms with E-state index < -0.39 is 0 Å². The molecule has 0 saturated heterocycles. The minimum absolute atomic E-state index is 0.0571. The number of fused-ring (bicyclic) bond motifs is 1. The lowest BCUT2D eigenvalue weighted by Crippen LogP contribution is -2.32. The summed E-state index contributed by atoms with van der Waals surface area (Å²) in [4.78, 5) is 26.2. The van der Waals surface area contributed by atoms with Crippen molar-refractivity contribution >= 4 is 23.0 Å². The Kier molecular flexibility index (Phi) is 10.2. The molecule has 2 N–H and O–H groups in total. The van der Waals surface area contributed by atoms with Crippen LogP contribution in [0.25, 0.3) is 17.1 Å². The maximum Gasteiger partial charge on any atom is 0.243 e. The first-order valence-electron chi connectivity index (χ1n) is 13.7. The molecule has 0 unspecified atom stereocenters. The van der Waals surface area contributed by atoms with E-state index in [0.717, 1.165) is 56.4 Å². The number of carbonyl (C=O) groups excluding carboxylic acids is 1. The number of nitrogens with zero attached hydrogens (tertiary/aromatic N) is 3. The monoisotopic (exact) mass is 509 g/mol. The third-order valence-electron chi connectivity index (χ3n) is 6.90. The van der Waals surface area contributed by atoms with Crippen molar-refractivity contribution in [3.05, 3.63) is 102 Å². The van der Waals surface area contributed by atoms with Crippen LogP contribution in [0.5, 0.6) is 0 Å². The van der Waals surface area contributed by atoms with Gasteiger partial charge < -0.3 is 10.3 Å². The zero-order valence-electron chi connectivity index (χ0n) is 22.6. The highest BCUT2D eigenvalue weighted by atomic mass is 16.1. The molecule has 1 amide bonds. The van der Waals surface area contributed by atoms with Gasteiger partial charge in [0.05, 0.1) is 0 Å². The molecule has 6 nitrogen and oxygen atoms in total. The second kappa shape index (κ2) is 14.2. The van der Waals surface area contributed by atoms with E-state index in [-0.39, 0.29) is 5.91 Å². The van der Waals surface area contributed by atoms with Crippen molar-refractivity contribution in [2.45, 2.75) is 58.5 Å². The average Bonchev–Trinajstić information content (AvgIpc) is 3.36. The molecule has 0 bridgehead atoms. The van der Waals surface area contributed by atoms with Crippen molar-refractivity contribution in [1.82, 2.24) is 25.2 Å². The van der Waals surface area contributed by atoms with Crippen LogP contribution in [0.1, 0.15) is 55.4 Å². The molecule has 1 aromatic carbocycles. The maximum atomic E-state index is 11.9. The minimum Gasteiger partial charge on any atom is -0.353 e. The van der Waals surface area contributed by atoms with E-state index in [9.17, 15) is 4.79 Å². The molecular weight excluding hydrogens is 470 g/mol. The van der Waals surface area contributed by atoms with Crippen LogP contribution in [-0.4, -0.2) is 44.9 Å². The van der Waals surface area contributed by atoms with Gasteiger partial charge in [-0.25, -0.2) is 4.98 Å². The van der Waals surface area contributed by atoms with Gasteiger partial charge in [0, 0.05) is 61.9 Å². The van der Waals surface area contributed by atoms with Crippen LogP contribution in [-0.2, 0) is 24.2 Å². The van der Waals surface area contributed by atoms with E-state index in [1.54, 1.807) is 24.5 Å². The summed E-state index contributed by atoms with van der Waals surface area (Å²) >= 11 is 0. The van der Waals surface area contributed by atoms with E-state index in [2.05, 4.69) is 75.5 Å². The number of pyridine rings is 2. The molecule has 0 atom stereocenters. The zero-order valence-corrected chi connectivity index (χ0v) is 22.6. The van der Waals surface area contributed by atoms with Crippen molar-refractivity contribution < 1.29 is 4.79 Å². The molecule has 6 heteroatoms. The maximum absolute atomic E-state index is 11.9. The fourth-order valence-corrected chi connectivity index (χ4v) is 4.60. The highest BCUT2D eigenvalue weighted by Crippen LogP contribution is 2.18. The number of aryl methyl sites for hydroxylation is 1. The van der Waals surface area contributed by atoms with E-state index in [4.69, 9.17) is 0 Å². The SMILES string of the molecule is CC(C)N(CCc1c[nH]c2ncccc12)Cc1ccc(CCCCCNC(=O)/C=C/c2cccnc2)cc1. The van der Waals surface area contributed by atoms with Gasteiger partial charge in [-0.1, -0.05) is 36.8 Å². The summed E-state index contributed by atoms with van der Waals surface area (Å²) < 4.78 is 0. The van der Waals surface area contributed by atoms with Crippen molar-refractivity contribution in [3.8, 4) is 0 Å². The van der Waals surface area contributed by atoms with E-state index in [0.29, 0.717) is 12.6 Å². The van der Waals surface area contributed by atoms with Crippen LogP contribution >= 0.6 is 0 Å². The highest BCUT2D eigenvalue weighted by Gasteiger charge is 2.12. The Morgan fingerprint density at radius 2 is 1.82 bits per heavy atom. The number of benzene rings is 1. The molecule has 0 aliphatic carbocycles. The van der Waals surface area contributed by atoms with Crippen LogP contribution < -0.4 is 5.32 Å². The molecule has 4 aromatic rings. The molecule has 4 rings (SSSR count). The lowest BCUT2D eigenvalue weighted by atomic mass is 10.0. The molecule has 3 heterocycles. The molecule has 0 fully saturated rings. The minimum atomic E-state index is -0.0571. The third kappa shape index (κ3) is 8.38. The van der Waals surface area contributed by atoms with Gasteiger partial charge in [0.25, 0.3) is 0 Å². The van der Waals surface area contributed by atoms with Crippen molar-refractivity contribution in [2.24, 2.45) is 0 Å². The third-order valence-corrected chi connectivity index (χ3v) is 6.90. The second-order valence-corrected chi connectivity index (χ2v) is 10.1. The van der Waals surface area contributed by atoms with Gasteiger partial charge in [0.2, 0.25) is 5.91 Å². The first-order chi connectivity index (χ1) is 18.6. The van der Waals surface area contributed by atoms with Gasteiger partial charge in [0.1, 0.15) is 5.65 Å². The predicted octanol–water partition coefficient (Wildman–Crippen LogP) is 5.95. The molecule has 0 radical (unpaired) electrons. The predicted molar refractivity (Wildman–Crippen MR) is 156 cm³/mol. The molecule has 0 saturated carbocycles. The molecule has 0 aliphatic rings. The Hall–Kier alpha value is -3.77. The Morgan fingerprint density at radius 3 is 2.61 bits per heavy atom. The van der Waals surface area contributed by atoms with E-state index in [1.165, 1.54) is 22.1 Å². The number of amides is 1. The topological polar surface area (TPSA) is 73.9 Å². The second-order valence-electron chi connectivity index (χ2n) is 10.1. The van der Waals surface area contributed by atoms with Crippen molar-refractivity contribution in [2.75, 3.05) is 13.1 Å². The number of hydrogen-bond donors (Lipinski definition) is 2. The summed E-state index contributed by atoms with van der Waals surface area (Å²) in [5.74, 6) is -0.0571.